The second-order valence-corrected chi connectivity index (χ2v) is 5.69. The number of carbonyl (C=O) groups excluding carboxylic acids is 1. The van der Waals surface area contributed by atoms with Gasteiger partial charge in [0.2, 0.25) is 0 Å². The first-order chi connectivity index (χ1) is 5.55. The normalized spacial score (nSPS) is 15.7. The maximum absolute atomic E-state index is 10.2. The number of rotatable bonds is 0. The maximum atomic E-state index is 10.2. The van der Waals surface area contributed by atoms with E-state index >= 15 is 0 Å². The lowest BCUT2D eigenvalue weighted by Crippen LogP contribution is -2.26. The summed E-state index contributed by atoms with van der Waals surface area (Å²) in [7, 11) is -3.84. The summed E-state index contributed by atoms with van der Waals surface area (Å²) in [6.45, 7) is 7.59. The number of carbonyl (C=O) groups is 1. The highest BCUT2D eigenvalue weighted by atomic mass is 32.2. The van der Waals surface area contributed by atoms with Gasteiger partial charge in [0.25, 0.3) is 16.0 Å². The lowest BCUT2D eigenvalue weighted by molar-refractivity contribution is -0.109. The standard InChI is InChI=1S/C4H10O3S.C3H3NO/c1-4(2,3)8(5,6)7;1-2-3(5)4-2/h1-3H3,(H,5,6,7);1H2,(H,4,5). The van der Waals surface area contributed by atoms with E-state index in [1.807, 2.05) is 0 Å². The second-order valence-electron chi connectivity index (χ2n) is 3.52. The molecule has 6 heteroatoms. The van der Waals surface area contributed by atoms with Crippen molar-refractivity contribution in [2.75, 3.05) is 0 Å². The molecule has 1 amide bonds. The number of hydrogen-bond donors (Lipinski definition) is 2. The average molecular weight is 207 g/mol. The fraction of sp³-hybridized carbons (Fsp3) is 0.571. The summed E-state index contributed by atoms with van der Waals surface area (Å²) in [5, 5.41) is 2.36. The summed E-state index contributed by atoms with van der Waals surface area (Å²) in [6, 6.07) is 0. The van der Waals surface area contributed by atoms with Crippen LogP contribution in [0.3, 0.4) is 0 Å². The third kappa shape index (κ3) is 4.64. The summed E-state index contributed by atoms with van der Waals surface area (Å²) < 4.78 is 27.7. The largest absolute Gasteiger partial charge is 0.317 e. The topological polar surface area (TPSA) is 93.4 Å². The molecule has 0 aromatic heterocycles. The lowest BCUT2D eigenvalue weighted by atomic mass is 10.3. The van der Waals surface area contributed by atoms with Gasteiger partial charge in [-0.1, -0.05) is 6.58 Å². The van der Waals surface area contributed by atoms with Crippen molar-refractivity contribution in [3.8, 4) is 0 Å². The molecule has 0 bridgehead atoms. The van der Waals surface area contributed by atoms with Gasteiger partial charge in [-0.25, -0.2) is 0 Å². The maximum Gasteiger partial charge on any atom is 0.271 e. The molecular formula is C7H13NO4S. The smallest absolute Gasteiger partial charge is 0.271 e. The van der Waals surface area contributed by atoms with Crippen molar-refractivity contribution in [3.05, 3.63) is 12.3 Å². The van der Waals surface area contributed by atoms with E-state index < -0.39 is 14.9 Å². The Labute approximate surface area is 77.6 Å². The molecule has 0 aromatic carbocycles. The highest BCUT2D eigenvalue weighted by molar-refractivity contribution is 7.87. The summed E-state index contributed by atoms with van der Waals surface area (Å²) in [6.07, 6.45) is 0. The molecule has 0 spiro atoms. The van der Waals surface area contributed by atoms with Crippen LogP contribution < -0.4 is 5.32 Å². The van der Waals surface area contributed by atoms with Crippen LogP contribution in [0.15, 0.2) is 12.3 Å². The van der Waals surface area contributed by atoms with Crippen LogP contribution in [0.5, 0.6) is 0 Å². The molecule has 5 nitrogen and oxygen atoms in total. The average Bonchev–Trinajstić information content (AvgIpc) is 2.40. The predicted molar refractivity (Wildman–Crippen MR) is 48.6 cm³/mol. The Kier molecular flexibility index (Phi) is 3.23. The molecule has 1 saturated heterocycles. The Morgan fingerprint density at radius 2 is 1.54 bits per heavy atom. The molecule has 0 atom stereocenters. The molecule has 2 N–H and O–H groups in total. The first-order valence-corrected chi connectivity index (χ1v) is 4.97. The van der Waals surface area contributed by atoms with E-state index in [0.717, 1.165) is 0 Å². The van der Waals surface area contributed by atoms with Gasteiger partial charge in [0.15, 0.2) is 0 Å². The van der Waals surface area contributed by atoms with Gasteiger partial charge in [-0.2, -0.15) is 8.42 Å². The summed E-state index contributed by atoms with van der Waals surface area (Å²) in [4.78, 5) is 9.68. The van der Waals surface area contributed by atoms with Crippen LogP contribution in [-0.2, 0) is 14.9 Å². The van der Waals surface area contributed by atoms with Crippen molar-refractivity contribution in [1.29, 1.82) is 0 Å². The van der Waals surface area contributed by atoms with Crippen molar-refractivity contribution >= 4 is 16.0 Å². The Bertz CT molecular complexity index is 311. The van der Waals surface area contributed by atoms with Crippen molar-refractivity contribution in [3.63, 3.8) is 0 Å². The SMILES string of the molecule is C=C1NC1=O.CC(C)(C)S(=O)(=O)O. The minimum absolute atomic E-state index is 0.0231. The van der Waals surface area contributed by atoms with Gasteiger partial charge in [0.05, 0.1) is 10.4 Å². The van der Waals surface area contributed by atoms with Crippen LogP contribution in [0.25, 0.3) is 0 Å². The van der Waals surface area contributed by atoms with E-state index in [2.05, 4.69) is 11.9 Å². The van der Waals surface area contributed by atoms with E-state index in [0.29, 0.717) is 5.70 Å². The third-order valence-corrected chi connectivity index (χ3v) is 2.80. The molecule has 76 valence electrons. The molecule has 1 aliphatic heterocycles. The van der Waals surface area contributed by atoms with Crippen LogP contribution >= 0.6 is 0 Å². The van der Waals surface area contributed by atoms with Crippen molar-refractivity contribution in [2.45, 2.75) is 25.5 Å². The molecule has 1 aliphatic rings. The zero-order chi connectivity index (χ0) is 10.9. The van der Waals surface area contributed by atoms with Crippen LogP contribution in [0.1, 0.15) is 20.8 Å². The van der Waals surface area contributed by atoms with E-state index in [9.17, 15) is 13.2 Å². The Hall–Kier alpha value is -0.880. The zero-order valence-corrected chi connectivity index (χ0v) is 8.60. The van der Waals surface area contributed by atoms with Crippen LogP contribution in [-0.4, -0.2) is 23.6 Å². The van der Waals surface area contributed by atoms with Gasteiger partial charge in [-0.05, 0) is 20.8 Å². The molecule has 0 saturated carbocycles. The van der Waals surface area contributed by atoms with E-state index in [4.69, 9.17) is 4.55 Å². The van der Waals surface area contributed by atoms with Crippen LogP contribution in [0.4, 0.5) is 0 Å². The van der Waals surface area contributed by atoms with Crippen LogP contribution in [0.2, 0.25) is 0 Å². The quantitative estimate of drug-likeness (QED) is 0.339. The molecule has 0 unspecified atom stereocenters. The van der Waals surface area contributed by atoms with E-state index in [1.54, 1.807) is 0 Å². The summed E-state index contributed by atoms with van der Waals surface area (Å²) >= 11 is 0. The Morgan fingerprint density at radius 3 is 1.54 bits per heavy atom. The number of nitrogens with one attached hydrogen (secondary N) is 1. The van der Waals surface area contributed by atoms with Gasteiger partial charge in [0, 0.05) is 0 Å². The molecule has 13 heavy (non-hydrogen) atoms. The number of amides is 1. The monoisotopic (exact) mass is 207 g/mol. The van der Waals surface area contributed by atoms with Crippen LogP contribution in [0, 0.1) is 0 Å². The van der Waals surface area contributed by atoms with E-state index in [1.165, 1.54) is 20.8 Å². The highest BCUT2D eigenvalue weighted by Gasteiger charge is 2.25. The summed E-state index contributed by atoms with van der Waals surface area (Å²) in [5.41, 5.74) is 0.532. The fourth-order valence-electron chi connectivity index (χ4n) is 0.106. The van der Waals surface area contributed by atoms with Gasteiger partial charge in [0.1, 0.15) is 0 Å². The number of hydrogen-bond acceptors (Lipinski definition) is 3. The minimum atomic E-state index is -3.84. The first kappa shape index (κ1) is 12.1. The highest BCUT2D eigenvalue weighted by Crippen LogP contribution is 2.11. The molecule has 1 rings (SSSR count). The lowest BCUT2D eigenvalue weighted by Gasteiger charge is -2.12. The van der Waals surface area contributed by atoms with Crippen molar-refractivity contribution in [1.82, 2.24) is 5.32 Å². The third-order valence-electron chi connectivity index (χ3n) is 1.25. The van der Waals surface area contributed by atoms with Crippen molar-refractivity contribution in [2.24, 2.45) is 0 Å². The first-order valence-electron chi connectivity index (χ1n) is 3.53. The Morgan fingerprint density at radius 1 is 1.38 bits per heavy atom. The van der Waals surface area contributed by atoms with Gasteiger partial charge >= 0.3 is 0 Å². The van der Waals surface area contributed by atoms with Gasteiger partial charge in [-0.15, -0.1) is 0 Å². The molecular weight excluding hydrogens is 194 g/mol. The minimum Gasteiger partial charge on any atom is -0.317 e. The van der Waals surface area contributed by atoms with Gasteiger partial charge < -0.3 is 5.32 Å². The Balaban J connectivity index is 0.000000243. The zero-order valence-electron chi connectivity index (χ0n) is 7.79. The predicted octanol–water partition coefficient (Wildman–Crippen LogP) is 0.303. The molecule has 0 radical (unpaired) electrons. The van der Waals surface area contributed by atoms with Gasteiger partial charge in [-0.3, -0.25) is 9.35 Å². The molecule has 1 heterocycles. The fourth-order valence-corrected chi connectivity index (χ4v) is 0.106. The second kappa shape index (κ2) is 3.47. The summed E-state index contributed by atoms with van der Waals surface area (Å²) in [5.74, 6) is -0.0231. The molecule has 1 fully saturated rings. The molecule has 0 aliphatic carbocycles. The van der Waals surface area contributed by atoms with Crippen molar-refractivity contribution < 1.29 is 17.8 Å². The van der Waals surface area contributed by atoms with E-state index in [-0.39, 0.29) is 5.91 Å². The molecule has 0 aromatic rings.